The fourth-order valence-electron chi connectivity index (χ4n) is 2.16. The van der Waals surface area contributed by atoms with Gasteiger partial charge in [0.25, 0.3) is 0 Å². The van der Waals surface area contributed by atoms with E-state index in [1.165, 1.54) is 11.3 Å². The lowest BCUT2D eigenvalue weighted by molar-refractivity contribution is 0.413. The maximum Gasteiger partial charge on any atom is 0.119 e. The van der Waals surface area contributed by atoms with Gasteiger partial charge in [0.1, 0.15) is 5.75 Å². The number of fused-ring (bicyclic) bond motifs is 1. The van der Waals surface area contributed by atoms with E-state index in [4.69, 9.17) is 4.74 Å². The highest BCUT2D eigenvalue weighted by molar-refractivity contribution is 5.56. The number of rotatable bonds is 4. The molecule has 1 aliphatic rings. The molecule has 0 spiro atoms. The molecule has 0 radical (unpaired) electrons. The maximum atomic E-state index is 5.27. The molecule has 0 fully saturated rings. The molecule has 0 saturated carbocycles. The molecule has 2 rings (SSSR count). The molecule has 94 valence electrons. The molecule has 2 N–H and O–H groups in total. The zero-order valence-electron chi connectivity index (χ0n) is 10.9. The Morgan fingerprint density at radius 3 is 3.00 bits per heavy atom. The Morgan fingerprint density at radius 1 is 1.47 bits per heavy atom. The van der Waals surface area contributed by atoms with Crippen molar-refractivity contribution in [1.82, 2.24) is 5.32 Å². The van der Waals surface area contributed by atoms with E-state index < -0.39 is 0 Å². The second-order valence-electron chi connectivity index (χ2n) is 5.11. The van der Waals surface area contributed by atoms with E-state index in [2.05, 4.69) is 36.6 Å². The topological polar surface area (TPSA) is 33.3 Å². The molecule has 1 atom stereocenters. The normalized spacial score (nSPS) is 18.7. The van der Waals surface area contributed by atoms with E-state index in [-0.39, 0.29) is 0 Å². The average molecular weight is 234 g/mol. The van der Waals surface area contributed by atoms with E-state index in [9.17, 15) is 0 Å². The summed E-state index contributed by atoms with van der Waals surface area (Å²) in [4.78, 5) is 0. The fourth-order valence-corrected chi connectivity index (χ4v) is 2.16. The molecule has 0 aliphatic carbocycles. The molecule has 3 heteroatoms. The molecule has 1 unspecified atom stereocenters. The van der Waals surface area contributed by atoms with Gasteiger partial charge in [-0.15, -0.1) is 0 Å². The van der Waals surface area contributed by atoms with E-state index in [1.54, 1.807) is 7.11 Å². The van der Waals surface area contributed by atoms with Crippen LogP contribution >= 0.6 is 0 Å². The van der Waals surface area contributed by atoms with Crippen LogP contribution in [0.3, 0.4) is 0 Å². The average Bonchev–Trinajstić information content (AvgIpc) is 2.35. The Morgan fingerprint density at radius 2 is 2.29 bits per heavy atom. The first-order valence-corrected chi connectivity index (χ1v) is 6.33. The van der Waals surface area contributed by atoms with Crippen LogP contribution in [-0.2, 0) is 6.42 Å². The zero-order valence-corrected chi connectivity index (χ0v) is 10.9. The Kier molecular flexibility index (Phi) is 3.89. The molecular weight excluding hydrogens is 212 g/mol. The smallest absolute Gasteiger partial charge is 0.119 e. The molecule has 0 saturated heterocycles. The zero-order chi connectivity index (χ0) is 12.3. The lowest BCUT2D eigenvalue weighted by Crippen LogP contribution is -2.41. The van der Waals surface area contributed by atoms with Gasteiger partial charge in [-0.2, -0.15) is 0 Å². The molecule has 1 aliphatic heterocycles. The van der Waals surface area contributed by atoms with Crippen molar-refractivity contribution >= 4 is 5.69 Å². The first kappa shape index (κ1) is 12.2. The molecule has 1 aromatic carbocycles. The van der Waals surface area contributed by atoms with Crippen molar-refractivity contribution in [2.75, 3.05) is 25.5 Å². The second kappa shape index (κ2) is 5.41. The summed E-state index contributed by atoms with van der Waals surface area (Å²) in [6.07, 6.45) is 1.08. The van der Waals surface area contributed by atoms with Crippen molar-refractivity contribution in [2.24, 2.45) is 5.92 Å². The van der Waals surface area contributed by atoms with Crippen LogP contribution < -0.4 is 15.4 Å². The molecule has 1 aromatic rings. The molecule has 0 bridgehead atoms. The van der Waals surface area contributed by atoms with Gasteiger partial charge in [-0.05, 0) is 42.6 Å². The van der Waals surface area contributed by atoms with Gasteiger partial charge in [0.05, 0.1) is 7.11 Å². The first-order chi connectivity index (χ1) is 8.19. The van der Waals surface area contributed by atoms with Gasteiger partial charge in [0, 0.05) is 18.3 Å². The summed E-state index contributed by atoms with van der Waals surface area (Å²) >= 11 is 0. The highest BCUT2D eigenvalue weighted by atomic mass is 16.5. The van der Waals surface area contributed by atoms with Gasteiger partial charge < -0.3 is 15.4 Å². The quantitative estimate of drug-likeness (QED) is 0.838. The minimum Gasteiger partial charge on any atom is -0.497 e. The second-order valence-corrected chi connectivity index (χ2v) is 5.11. The van der Waals surface area contributed by atoms with E-state index in [0.29, 0.717) is 12.0 Å². The van der Waals surface area contributed by atoms with Crippen LogP contribution in [0.4, 0.5) is 5.69 Å². The van der Waals surface area contributed by atoms with E-state index in [1.807, 2.05) is 6.07 Å². The fraction of sp³-hybridized carbons (Fsp3) is 0.571. The van der Waals surface area contributed by atoms with Crippen LogP contribution in [-0.4, -0.2) is 26.2 Å². The first-order valence-electron chi connectivity index (χ1n) is 6.33. The predicted octanol–water partition coefficient (Wildman–Crippen LogP) is 2.28. The van der Waals surface area contributed by atoms with Crippen molar-refractivity contribution in [2.45, 2.75) is 26.3 Å². The Labute approximate surface area is 104 Å². The Balaban J connectivity index is 2.01. The molecule has 0 amide bonds. The monoisotopic (exact) mass is 234 g/mol. The summed E-state index contributed by atoms with van der Waals surface area (Å²) in [5, 5.41) is 7.07. The highest BCUT2D eigenvalue weighted by Crippen LogP contribution is 2.26. The third-order valence-electron chi connectivity index (χ3n) is 3.13. The van der Waals surface area contributed by atoms with E-state index in [0.717, 1.165) is 25.3 Å². The molecule has 1 heterocycles. The van der Waals surface area contributed by atoms with Crippen LogP contribution in [0.1, 0.15) is 19.4 Å². The van der Waals surface area contributed by atoms with Gasteiger partial charge >= 0.3 is 0 Å². The van der Waals surface area contributed by atoms with Gasteiger partial charge in [0.15, 0.2) is 0 Å². The number of benzene rings is 1. The number of anilines is 1. The standard InChI is InChI=1S/C14H22N2O/c1-10(2)8-15-12-6-11-7-13(17-3)4-5-14(11)16-9-12/h4-5,7,10,12,15-16H,6,8-9H2,1-3H3. The van der Waals surface area contributed by atoms with Crippen LogP contribution in [0, 0.1) is 5.92 Å². The van der Waals surface area contributed by atoms with Crippen molar-refractivity contribution in [1.29, 1.82) is 0 Å². The SMILES string of the molecule is COc1ccc2c(c1)CC(NCC(C)C)CN2. The molecular formula is C14H22N2O. The number of ether oxygens (including phenoxy) is 1. The number of nitrogens with one attached hydrogen (secondary N) is 2. The summed E-state index contributed by atoms with van der Waals surface area (Å²) in [6.45, 7) is 6.55. The van der Waals surface area contributed by atoms with Crippen LogP contribution in [0.15, 0.2) is 18.2 Å². The van der Waals surface area contributed by atoms with Crippen LogP contribution in [0.2, 0.25) is 0 Å². The molecule has 17 heavy (non-hydrogen) atoms. The minimum absolute atomic E-state index is 0.525. The minimum atomic E-state index is 0.525. The summed E-state index contributed by atoms with van der Waals surface area (Å²) in [6, 6.07) is 6.77. The van der Waals surface area contributed by atoms with Crippen LogP contribution in [0.25, 0.3) is 0 Å². The summed E-state index contributed by atoms with van der Waals surface area (Å²) in [7, 11) is 1.71. The van der Waals surface area contributed by atoms with Crippen LogP contribution in [0.5, 0.6) is 5.75 Å². The molecule has 0 aromatic heterocycles. The summed E-state index contributed by atoms with van der Waals surface area (Å²) in [5.74, 6) is 1.64. The predicted molar refractivity (Wildman–Crippen MR) is 71.8 cm³/mol. The summed E-state index contributed by atoms with van der Waals surface area (Å²) in [5.41, 5.74) is 2.59. The van der Waals surface area contributed by atoms with Crippen molar-refractivity contribution in [3.05, 3.63) is 23.8 Å². The lowest BCUT2D eigenvalue weighted by atomic mass is 9.99. The van der Waals surface area contributed by atoms with Gasteiger partial charge in [0.2, 0.25) is 0 Å². The number of hydrogen-bond donors (Lipinski definition) is 2. The Bertz CT molecular complexity index is 376. The van der Waals surface area contributed by atoms with Crippen molar-refractivity contribution in [3.63, 3.8) is 0 Å². The third-order valence-corrected chi connectivity index (χ3v) is 3.13. The van der Waals surface area contributed by atoms with Crippen molar-refractivity contribution < 1.29 is 4.74 Å². The summed E-state index contributed by atoms with van der Waals surface area (Å²) < 4.78 is 5.27. The van der Waals surface area contributed by atoms with Gasteiger partial charge in [-0.1, -0.05) is 13.8 Å². The lowest BCUT2D eigenvalue weighted by Gasteiger charge is -2.28. The largest absolute Gasteiger partial charge is 0.497 e. The van der Waals surface area contributed by atoms with E-state index >= 15 is 0 Å². The van der Waals surface area contributed by atoms with Gasteiger partial charge in [-0.25, -0.2) is 0 Å². The number of hydrogen-bond acceptors (Lipinski definition) is 3. The van der Waals surface area contributed by atoms with Crippen molar-refractivity contribution in [3.8, 4) is 5.75 Å². The Hall–Kier alpha value is -1.22. The maximum absolute atomic E-state index is 5.27. The number of methoxy groups -OCH3 is 1. The third kappa shape index (κ3) is 3.13. The molecule has 3 nitrogen and oxygen atoms in total. The van der Waals surface area contributed by atoms with Gasteiger partial charge in [-0.3, -0.25) is 0 Å². The highest BCUT2D eigenvalue weighted by Gasteiger charge is 2.18.